The molecule has 4 heteroatoms. The molecule has 0 saturated carbocycles. The number of rotatable bonds is 2. The zero-order chi connectivity index (χ0) is 12.5. The van der Waals surface area contributed by atoms with Crippen molar-refractivity contribution < 1.29 is 9.53 Å². The number of ether oxygens (including phenoxy) is 1. The molecule has 2 aliphatic heterocycles. The number of amides is 1. The molecule has 0 unspecified atom stereocenters. The molecule has 3 rings (SSSR count). The van der Waals surface area contributed by atoms with Gasteiger partial charge in [0.2, 0.25) is 5.91 Å². The van der Waals surface area contributed by atoms with E-state index >= 15 is 0 Å². The lowest BCUT2D eigenvalue weighted by molar-refractivity contribution is -0.134. The van der Waals surface area contributed by atoms with Gasteiger partial charge in [-0.15, -0.1) is 0 Å². The number of carbonyl (C=O) groups is 1. The van der Waals surface area contributed by atoms with E-state index in [2.05, 4.69) is 6.07 Å². The molecule has 3 atom stereocenters. The van der Waals surface area contributed by atoms with Crippen LogP contribution in [0.4, 0.5) is 0 Å². The highest BCUT2D eigenvalue weighted by Crippen LogP contribution is 2.41. The van der Waals surface area contributed by atoms with Crippen molar-refractivity contribution in [3.8, 4) is 6.07 Å². The molecule has 0 spiro atoms. The normalized spacial score (nSPS) is 30.3. The van der Waals surface area contributed by atoms with E-state index in [0.29, 0.717) is 19.4 Å². The van der Waals surface area contributed by atoms with Gasteiger partial charge in [-0.3, -0.25) is 4.79 Å². The average Bonchev–Trinajstić information content (AvgIpc) is 2.94. The summed E-state index contributed by atoms with van der Waals surface area (Å²) in [6.45, 7) is 0.539. The number of nitriles is 1. The quantitative estimate of drug-likeness (QED) is 0.795. The molecule has 0 N–H and O–H groups in total. The van der Waals surface area contributed by atoms with E-state index in [9.17, 15) is 4.79 Å². The molecule has 1 aromatic rings. The molecule has 2 aliphatic rings. The van der Waals surface area contributed by atoms with E-state index in [1.165, 1.54) is 0 Å². The van der Waals surface area contributed by atoms with Gasteiger partial charge in [0, 0.05) is 24.3 Å². The first-order valence-electron chi connectivity index (χ1n) is 6.16. The second kappa shape index (κ2) is 4.43. The van der Waals surface area contributed by atoms with Crippen LogP contribution in [-0.2, 0) is 9.53 Å². The minimum absolute atomic E-state index is 0.0716. The predicted octanol–water partition coefficient (Wildman–Crippen LogP) is 1.85. The third kappa shape index (κ3) is 1.68. The van der Waals surface area contributed by atoms with E-state index in [1.54, 1.807) is 0 Å². The third-order valence-corrected chi connectivity index (χ3v) is 3.74. The standard InChI is InChI=1S/C14H14N2O2/c15-7-6-11-8-13(17)16-12(11)9-18-14(16)10-4-2-1-3-5-10/h1-5,11-12,14H,6,8-9H2/t11-,12+,14+/m0/s1. The van der Waals surface area contributed by atoms with E-state index < -0.39 is 0 Å². The highest BCUT2D eigenvalue weighted by atomic mass is 16.5. The molecular formula is C14H14N2O2. The second-order valence-electron chi connectivity index (χ2n) is 4.79. The van der Waals surface area contributed by atoms with Crippen LogP contribution in [0.2, 0.25) is 0 Å². The van der Waals surface area contributed by atoms with Crippen molar-refractivity contribution in [1.82, 2.24) is 4.90 Å². The smallest absolute Gasteiger partial charge is 0.225 e. The number of hydrogen-bond acceptors (Lipinski definition) is 3. The van der Waals surface area contributed by atoms with Gasteiger partial charge < -0.3 is 9.64 Å². The van der Waals surface area contributed by atoms with Crippen LogP contribution in [0.15, 0.2) is 30.3 Å². The first kappa shape index (κ1) is 11.2. The molecular weight excluding hydrogens is 228 g/mol. The van der Waals surface area contributed by atoms with E-state index in [0.717, 1.165) is 5.56 Å². The van der Waals surface area contributed by atoms with Crippen LogP contribution >= 0.6 is 0 Å². The number of hydrogen-bond donors (Lipinski definition) is 0. The zero-order valence-corrected chi connectivity index (χ0v) is 9.95. The summed E-state index contributed by atoms with van der Waals surface area (Å²) in [5.74, 6) is 0.225. The Morgan fingerprint density at radius 2 is 2.17 bits per heavy atom. The summed E-state index contributed by atoms with van der Waals surface area (Å²) in [4.78, 5) is 13.9. The fourth-order valence-corrected chi connectivity index (χ4v) is 2.87. The number of benzene rings is 1. The maximum absolute atomic E-state index is 12.1. The summed E-state index contributed by atoms with van der Waals surface area (Å²) in [5, 5.41) is 8.80. The first-order valence-corrected chi connectivity index (χ1v) is 6.16. The molecule has 1 aromatic carbocycles. The van der Waals surface area contributed by atoms with Crippen LogP contribution in [0.3, 0.4) is 0 Å². The van der Waals surface area contributed by atoms with Crippen molar-refractivity contribution in [3.63, 3.8) is 0 Å². The van der Waals surface area contributed by atoms with Crippen LogP contribution in [0.1, 0.15) is 24.6 Å². The lowest BCUT2D eigenvalue weighted by Crippen LogP contribution is -2.32. The van der Waals surface area contributed by atoms with Crippen molar-refractivity contribution in [2.75, 3.05) is 6.61 Å². The Morgan fingerprint density at radius 1 is 1.39 bits per heavy atom. The van der Waals surface area contributed by atoms with Gasteiger partial charge in [-0.05, 0) is 0 Å². The molecule has 0 aliphatic carbocycles. The molecule has 1 amide bonds. The molecule has 4 nitrogen and oxygen atoms in total. The Labute approximate surface area is 106 Å². The lowest BCUT2D eigenvalue weighted by Gasteiger charge is -2.23. The van der Waals surface area contributed by atoms with Gasteiger partial charge in [0.25, 0.3) is 0 Å². The third-order valence-electron chi connectivity index (χ3n) is 3.74. The average molecular weight is 242 g/mol. The molecule has 2 saturated heterocycles. The van der Waals surface area contributed by atoms with E-state index in [1.807, 2.05) is 35.2 Å². The Balaban J connectivity index is 1.86. The largest absolute Gasteiger partial charge is 0.352 e. The summed E-state index contributed by atoms with van der Waals surface area (Å²) in [5.41, 5.74) is 1.01. The molecule has 0 radical (unpaired) electrons. The predicted molar refractivity (Wildman–Crippen MR) is 64.1 cm³/mol. The Bertz CT molecular complexity index is 494. The van der Waals surface area contributed by atoms with Gasteiger partial charge in [-0.25, -0.2) is 0 Å². The summed E-state index contributed by atoms with van der Waals surface area (Å²) >= 11 is 0. The van der Waals surface area contributed by atoms with Crippen LogP contribution in [0.5, 0.6) is 0 Å². The van der Waals surface area contributed by atoms with Gasteiger partial charge >= 0.3 is 0 Å². The maximum Gasteiger partial charge on any atom is 0.225 e. The van der Waals surface area contributed by atoms with Crippen molar-refractivity contribution in [2.24, 2.45) is 5.92 Å². The Hall–Kier alpha value is -1.86. The summed E-state index contributed by atoms with van der Waals surface area (Å²) in [7, 11) is 0. The topological polar surface area (TPSA) is 53.3 Å². The number of fused-ring (bicyclic) bond motifs is 1. The number of carbonyl (C=O) groups excluding carboxylic acids is 1. The summed E-state index contributed by atoms with van der Waals surface area (Å²) in [6.07, 6.45) is 0.635. The Kier molecular flexibility index (Phi) is 2.77. The van der Waals surface area contributed by atoms with Crippen LogP contribution in [0.25, 0.3) is 0 Å². The van der Waals surface area contributed by atoms with Crippen LogP contribution in [0, 0.1) is 17.2 Å². The summed E-state index contributed by atoms with van der Waals surface area (Å²) < 4.78 is 5.75. The number of nitrogens with zero attached hydrogens (tertiary/aromatic N) is 2. The highest BCUT2D eigenvalue weighted by molar-refractivity contribution is 5.80. The minimum Gasteiger partial charge on any atom is -0.352 e. The molecule has 2 heterocycles. The first-order chi connectivity index (χ1) is 8.81. The lowest BCUT2D eigenvalue weighted by atomic mass is 9.98. The van der Waals surface area contributed by atoms with Gasteiger partial charge in [-0.2, -0.15) is 5.26 Å². The van der Waals surface area contributed by atoms with Crippen LogP contribution < -0.4 is 0 Å². The molecule has 18 heavy (non-hydrogen) atoms. The van der Waals surface area contributed by atoms with Crippen molar-refractivity contribution >= 4 is 5.91 Å². The van der Waals surface area contributed by atoms with Crippen LogP contribution in [-0.4, -0.2) is 23.5 Å². The van der Waals surface area contributed by atoms with E-state index in [4.69, 9.17) is 10.00 Å². The fourth-order valence-electron chi connectivity index (χ4n) is 2.87. The molecule has 0 bridgehead atoms. The highest BCUT2D eigenvalue weighted by Gasteiger charge is 2.48. The van der Waals surface area contributed by atoms with E-state index in [-0.39, 0.29) is 24.1 Å². The molecule has 0 aromatic heterocycles. The zero-order valence-electron chi connectivity index (χ0n) is 9.95. The minimum atomic E-state index is -0.271. The maximum atomic E-state index is 12.1. The van der Waals surface area contributed by atoms with Crippen molar-refractivity contribution in [3.05, 3.63) is 35.9 Å². The molecule has 2 fully saturated rings. The monoisotopic (exact) mass is 242 g/mol. The van der Waals surface area contributed by atoms with Gasteiger partial charge in [0.15, 0.2) is 6.23 Å². The van der Waals surface area contributed by atoms with Crippen molar-refractivity contribution in [2.45, 2.75) is 25.1 Å². The van der Waals surface area contributed by atoms with Gasteiger partial charge in [-0.1, -0.05) is 30.3 Å². The Morgan fingerprint density at radius 3 is 2.89 bits per heavy atom. The fraction of sp³-hybridized carbons (Fsp3) is 0.429. The van der Waals surface area contributed by atoms with Gasteiger partial charge in [0.1, 0.15) is 0 Å². The second-order valence-corrected chi connectivity index (χ2v) is 4.79. The van der Waals surface area contributed by atoms with Gasteiger partial charge in [0.05, 0.1) is 18.7 Å². The van der Waals surface area contributed by atoms with Crippen molar-refractivity contribution in [1.29, 1.82) is 5.26 Å². The summed E-state index contributed by atoms with van der Waals surface area (Å²) in [6, 6.07) is 12.0. The SMILES string of the molecule is N#CC[C@H]1CC(=O)N2[C@@H](c3ccccc3)OC[C@H]12. The molecule has 92 valence electrons.